The van der Waals surface area contributed by atoms with Crippen molar-refractivity contribution in [3.05, 3.63) is 29.8 Å². The molecule has 1 aliphatic rings. The third kappa shape index (κ3) is 6.29. The molecule has 0 radical (unpaired) electrons. The molecule has 0 aliphatic carbocycles. The molecular formula is C22H33N3O6S. The van der Waals surface area contributed by atoms with E-state index in [1.54, 1.807) is 18.7 Å². The number of rotatable bonds is 9. The van der Waals surface area contributed by atoms with Crippen LogP contribution in [0.4, 0.5) is 0 Å². The number of hydrogen-bond acceptors (Lipinski definition) is 6. The fraction of sp³-hybridized carbons (Fsp3) is 0.591. The second kappa shape index (κ2) is 11.4. The van der Waals surface area contributed by atoms with E-state index in [0.717, 1.165) is 19.3 Å². The first-order valence-electron chi connectivity index (χ1n) is 11.0. The first-order chi connectivity index (χ1) is 15.1. The van der Waals surface area contributed by atoms with Crippen LogP contribution < -0.4 is 5.32 Å². The summed E-state index contributed by atoms with van der Waals surface area (Å²) in [5.41, 5.74) is 0.211. The van der Waals surface area contributed by atoms with Crippen molar-refractivity contribution >= 4 is 27.8 Å². The number of benzene rings is 1. The summed E-state index contributed by atoms with van der Waals surface area (Å²) in [4.78, 5) is 38.5. The van der Waals surface area contributed by atoms with Gasteiger partial charge in [0.2, 0.25) is 10.0 Å². The molecule has 1 aliphatic heterocycles. The van der Waals surface area contributed by atoms with Crippen molar-refractivity contribution in [2.45, 2.75) is 63.9 Å². The number of carbonyl (C=O) groups excluding carboxylic acids is 3. The summed E-state index contributed by atoms with van der Waals surface area (Å²) in [5.74, 6) is -1.50. The predicted octanol–water partition coefficient (Wildman–Crippen LogP) is 1.78. The molecule has 1 aromatic rings. The molecule has 32 heavy (non-hydrogen) atoms. The molecule has 0 aromatic heterocycles. The Labute approximate surface area is 190 Å². The van der Waals surface area contributed by atoms with Gasteiger partial charge >= 0.3 is 5.97 Å². The standard InChI is InChI=1S/C22H33N3O6S/c1-5-24(6-2)32(29,30)19-12-10-18(11-13-19)22(28)23-14-21(27)31-15-20(26)25-16(3)8-7-9-17(25)4/h10-13,16-17H,5-9,14-15H2,1-4H3,(H,23,28). The zero-order chi connectivity index (χ0) is 23.9. The number of esters is 1. The smallest absolute Gasteiger partial charge is 0.325 e. The lowest BCUT2D eigenvalue weighted by Crippen LogP contribution is -2.49. The summed E-state index contributed by atoms with van der Waals surface area (Å²) >= 11 is 0. The molecule has 2 rings (SSSR count). The summed E-state index contributed by atoms with van der Waals surface area (Å²) in [6.45, 7) is 7.41. The maximum Gasteiger partial charge on any atom is 0.325 e. The van der Waals surface area contributed by atoms with Crippen LogP contribution in [0.25, 0.3) is 0 Å². The van der Waals surface area contributed by atoms with Crippen LogP contribution in [0.15, 0.2) is 29.2 Å². The lowest BCUT2D eigenvalue weighted by atomic mass is 9.97. The Hall–Kier alpha value is -2.46. The average molecular weight is 468 g/mol. The lowest BCUT2D eigenvalue weighted by molar-refractivity contribution is -0.154. The summed E-state index contributed by atoms with van der Waals surface area (Å²) < 4.78 is 31.4. The van der Waals surface area contributed by atoms with Crippen molar-refractivity contribution in [2.24, 2.45) is 0 Å². The zero-order valence-electron chi connectivity index (χ0n) is 19.2. The highest BCUT2D eigenvalue weighted by molar-refractivity contribution is 7.89. The number of ether oxygens (including phenoxy) is 1. The summed E-state index contributed by atoms with van der Waals surface area (Å²) in [6.07, 6.45) is 2.92. The van der Waals surface area contributed by atoms with E-state index in [1.807, 2.05) is 13.8 Å². The van der Waals surface area contributed by atoms with E-state index in [2.05, 4.69) is 5.32 Å². The van der Waals surface area contributed by atoms with Crippen LogP contribution in [0.3, 0.4) is 0 Å². The highest BCUT2D eigenvalue weighted by Crippen LogP contribution is 2.22. The molecule has 0 spiro atoms. The molecular weight excluding hydrogens is 434 g/mol. The van der Waals surface area contributed by atoms with E-state index in [1.165, 1.54) is 28.6 Å². The van der Waals surface area contributed by atoms with Gasteiger partial charge in [0.1, 0.15) is 6.54 Å². The van der Waals surface area contributed by atoms with Crippen molar-refractivity contribution in [2.75, 3.05) is 26.2 Å². The fourth-order valence-corrected chi connectivity index (χ4v) is 5.38. The topological polar surface area (TPSA) is 113 Å². The molecule has 178 valence electrons. The van der Waals surface area contributed by atoms with Crippen molar-refractivity contribution in [1.82, 2.24) is 14.5 Å². The molecule has 0 saturated carbocycles. The molecule has 1 saturated heterocycles. The molecule has 10 heteroatoms. The van der Waals surface area contributed by atoms with Crippen LogP contribution in [0.2, 0.25) is 0 Å². The van der Waals surface area contributed by atoms with Gasteiger partial charge < -0.3 is 15.0 Å². The predicted molar refractivity (Wildman–Crippen MR) is 119 cm³/mol. The molecule has 1 N–H and O–H groups in total. The first kappa shape index (κ1) is 25.8. The number of carbonyl (C=O) groups is 3. The largest absolute Gasteiger partial charge is 0.454 e. The van der Waals surface area contributed by atoms with E-state index in [4.69, 9.17) is 4.74 Å². The minimum absolute atomic E-state index is 0.0943. The number of amides is 2. The third-order valence-electron chi connectivity index (χ3n) is 5.69. The Bertz CT molecular complexity index is 902. The van der Waals surface area contributed by atoms with Crippen LogP contribution in [0.5, 0.6) is 0 Å². The lowest BCUT2D eigenvalue weighted by Gasteiger charge is -2.38. The molecule has 0 bridgehead atoms. The number of hydrogen-bond donors (Lipinski definition) is 1. The van der Waals surface area contributed by atoms with Crippen LogP contribution >= 0.6 is 0 Å². The SMILES string of the molecule is CCN(CC)S(=O)(=O)c1ccc(C(=O)NCC(=O)OCC(=O)N2C(C)CCCC2C)cc1. The number of nitrogens with one attached hydrogen (secondary N) is 1. The third-order valence-corrected chi connectivity index (χ3v) is 7.76. The van der Waals surface area contributed by atoms with Gasteiger partial charge in [-0.25, -0.2) is 8.42 Å². The van der Waals surface area contributed by atoms with Crippen LogP contribution in [0.1, 0.15) is 57.3 Å². The van der Waals surface area contributed by atoms with Gasteiger partial charge in [-0.2, -0.15) is 4.31 Å². The van der Waals surface area contributed by atoms with Gasteiger partial charge in [0.15, 0.2) is 6.61 Å². The number of nitrogens with zero attached hydrogens (tertiary/aromatic N) is 2. The van der Waals surface area contributed by atoms with E-state index in [9.17, 15) is 22.8 Å². The maximum atomic E-state index is 12.5. The highest BCUT2D eigenvalue weighted by Gasteiger charge is 2.29. The molecule has 1 heterocycles. The van der Waals surface area contributed by atoms with Crippen molar-refractivity contribution < 1.29 is 27.5 Å². The van der Waals surface area contributed by atoms with Gasteiger partial charge in [-0.05, 0) is 57.4 Å². The number of sulfonamides is 1. The van der Waals surface area contributed by atoms with Gasteiger partial charge in [-0.15, -0.1) is 0 Å². The average Bonchev–Trinajstić information content (AvgIpc) is 2.76. The molecule has 2 unspecified atom stereocenters. The van der Waals surface area contributed by atoms with Crippen LogP contribution in [0, 0.1) is 0 Å². The van der Waals surface area contributed by atoms with Crippen molar-refractivity contribution in [3.63, 3.8) is 0 Å². The number of likely N-dealkylation sites (tertiary alicyclic amines) is 1. The van der Waals surface area contributed by atoms with Gasteiger partial charge in [-0.3, -0.25) is 14.4 Å². The van der Waals surface area contributed by atoms with Crippen molar-refractivity contribution in [1.29, 1.82) is 0 Å². The number of piperidine rings is 1. The Morgan fingerprint density at radius 1 is 1.06 bits per heavy atom. The highest BCUT2D eigenvalue weighted by atomic mass is 32.2. The van der Waals surface area contributed by atoms with Crippen molar-refractivity contribution in [3.8, 4) is 0 Å². The summed E-state index contributed by atoms with van der Waals surface area (Å²) in [6, 6.07) is 5.72. The van der Waals surface area contributed by atoms with E-state index in [-0.39, 0.29) is 35.1 Å². The fourth-order valence-electron chi connectivity index (χ4n) is 3.93. The monoisotopic (exact) mass is 467 g/mol. The minimum Gasteiger partial charge on any atom is -0.454 e. The Balaban J connectivity index is 1.85. The Morgan fingerprint density at radius 3 is 2.16 bits per heavy atom. The van der Waals surface area contributed by atoms with Gasteiger partial charge in [-0.1, -0.05) is 13.8 Å². The minimum atomic E-state index is -3.61. The normalized spacial score (nSPS) is 19.0. The van der Waals surface area contributed by atoms with Crippen LogP contribution in [-0.4, -0.2) is 73.7 Å². The van der Waals surface area contributed by atoms with Gasteiger partial charge in [0.05, 0.1) is 4.90 Å². The Kier molecular flexibility index (Phi) is 9.21. The Morgan fingerprint density at radius 2 is 1.62 bits per heavy atom. The summed E-state index contributed by atoms with van der Waals surface area (Å²) in [5, 5.41) is 2.42. The zero-order valence-corrected chi connectivity index (χ0v) is 20.0. The van der Waals surface area contributed by atoms with E-state index in [0.29, 0.717) is 13.1 Å². The first-order valence-corrected chi connectivity index (χ1v) is 12.4. The molecule has 2 amide bonds. The van der Waals surface area contributed by atoms with Crippen LogP contribution in [-0.2, 0) is 24.3 Å². The maximum absolute atomic E-state index is 12.5. The second-order valence-electron chi connectivity index (χ2n) is 7.89. The van der Waals surface area contributed by atoms with E-state index < -0.39 is 28.4 Å². The second-order valence-corrected chi connectivity index (χ2v) is 9.82. The molecule has 2 atom stereocenters. The molecule has 1 aromatic carbocycles. The summed E-state index contributed by atoms with van der Waals surface area (Å²) in [7, 11) is -3.61. The molecule has 9 nitrogen and oxygen atoms in total. The van der Waals surface area contributed by atoms with Gasteiger partial charge in [0, 0.05) is 30.7 Å². The van der Waals surface area contributed by atoms with Gasteiger partial charge in [0.25, 0.3) is 11.8 Å². The van der Waals surface area contributed by atoms with E-state index >= 15 is 0 Å². The quantitative estimate of drug-likeness (QED) is 0.554. The molecule has 1 fully saturated rings.